The molecule has 1 saturated carbocycles. The second kappa shape index (κ2) is 7.31. The molecular formula is C18H22N2O3. The lowest BCUT2D eigenvalue weighted by Crippen LogP contribution is -2.42. The van der Waals surface area contributed by atoms with Crippen LogP contribution in [0.2, 0.25) is 0 Å². The number of allylic oxidation sites excluding steroid dienone is 1. The fourth-order valence-corrected chi connectivity index (χ4v) is 2.54. The van der Waals surface area contributed by atoms with Gasteiger partial charge in [-0.1, -0.05) is 24.3 Å². The third-order valence-electron chi connectivity index (χ3n) is 4.12. The number of nitrogens with one attached hydrogen (secondary N) is 2. The van der Waals surface area contributed by atoms with Crippen molar-refractivity contribution in [2.45, 2.75) is 38.1 Å². The molecule has 0 unspecified atom stereocenters. The Morgan fingerprint density at radius 2 is 1.91 bits per heavy atom. The van der Waals surface area contributed by atoms with E-state index in [0.717, 1.165) is 19.3 Å². The van der Waals surface area contributed by atoms with E-state index in [9.17, 15) is 9.59 Å². The van der Waals surface area contributed by atoms with Crippen LogP contribution in [0.1, 0.15) is 32.1 Å². The summed E-state index contributed by atoms with van der Waals surface area (Å²) in [4.78, 5) is 24.1. The molecule has 2 N–H and O–H groups in total. The zero-order valence-corrected chi connectivity index (χ0v) is 13.1. The molecule has 0 bridgehead atoms. The first-order chi connectivity index (χ1) is 11.2. The van der Waals surface area contributed by atoms with Gasteiger partial charge in [0.25, 0.3) is 0 Å². The lowest BCUT2D eigenvalue weighted by atomic mass is 10.0. The normalized spacial score (nSPS) is 19.9. The van der Waals surface area contributed by atoms with Crippen LogP contribution in [0.15, 0.2) is 36.4 Å². The molecule has 0 aromatic heterocycles. The number of para-hydroxylation sites is 2. The van der Waals surface area contributed by atoms with E-state index in [1.807, 2.05) is 24.3 Å². The Kier molecular flexibility index (Phi) is 4.95. The van der Waals surface area contributed by atoms with Crippen molar-refractivity contribution in [2.24, 2.45) is 5.92 Å². The van der Waals surface area contributed by atoms with E-state index in [2.05, 4.69) is 16.7 Å². The summed E-state index contributed by atoms with van der Waals surface area (Å²) in [6.07, 6.45) is 9.12. The van der Waals surface area contributed by atoms with Crippen LogP contribution >= 0.6 is 0 Å². The van der Waals surface area contributed by atoms with Crippen molar-refractivity contribution in [1.82, 2.24) is 5.32 Å². The molecule has 1 aromatic rings. The molecule has 5 nitrogen and oxygen atoms in total. The van der Waals surface area contributed by atoms with E-state index in [-0.39, 0.29) is 6.04 Å². The Balaban J connectivity index is 1.55. The molecule has 2 amide bonds. The van der Waals surface area contributed by atoms with Crippen molar-refractivity contribution in [3.63, 3.8) is 0 Å². The Bertz CT molecular complexity index is 608. The predicted molar refractivity (Wildman–Crippen MR) is 88.2 cm³/mol. The molecule has 23 heavy (non-hydrogen) atoms. The van der Waals surface area contributed by atoms with Crippen molar-refractivity contribution in [3.05, 3.63) is 36.4 Å². The zero-order chi connectivity index (χ0) is 16.1. The zero-order valence-electron chi connectivity index (χ0n) is 13.1. The topological polar surface area (TPSA) is 67.4 Å². The van der Waals surface area contributed by atoms with Crippen LogP contribution in [0.25, 0.3) is 0 Å². The fourth-order valence-electron chi connectivity index (χ4n) is 2.54. The van der Waals surface area contributed by atoms with E-state index >= 15 is 0 Å². The molecule has 5 heteroatoms. The summed E-state index contributed by atoms with van der Waals surface area (Å²) in [5.74, 6) is -0.00752. The lowest BCUT2D eigenvalue weighted by Gasteiger charge is -2.19. The van der Waals surface area contributed by atoms with Gasteiger partial charge in [-0.25, -0.2) is 0 Å². The van der Waals surface area contributed by atoms with Crippen LogP contribution in [0.4, 0.5) is 5.69 Å². The van der Waals surface area contributed by atoms with Gasteiger partial charge >= 0.3 is 11.8 Å². The molecule has 2 aliphatic carbocycles. The summed E-state index contributed by atoms with van der Waals surface area (Å²) in [6.45, 7) is 0.660. The molecule has 122 valence electrons. The molecule has 0 aliphatic heterocycles. The Hall–Kier alpha value is -2.30. The maximum atomic E-state index is 12.1. The molecule has 1 aromatic carbocycles. The number of carbonyl (C=O) groups excluding carboxylic acids is 2. The van der Waals surface area contributed by atoms with Crippen molar-refractivity contribution < 1.29 is 14.3 Å². The number of hydrogen-bond donors (Lipinski definition) is 2. The molecular weight excluding hydrogens is 292 g/mol. The van der Waals surface area contributed by atoms with Gasteiger partial charge in [0.05, 0.1) is 12.3 Å². The molecule has 1 atom stereocenters. The minimum absolute atomic E-state index is 0.0413. The van der Waals surface area contributed by atoms with Crippen LogP contribution in [0.5, 0.6) is 5.75 Å². The van der Waals surface area contributed by atoms with Crippen molar-refractivity contribution in [2.75, 3.05) is 11.9 Å². The SMILES string of the molecule is O=C(Nc1ccccc1OCC1CC1)C(=O)N[C@H]1CC=CCC1. The van der Waals surface area contributed by atoms with E-state index in [0.29, 0.717) is 24.0 Å². The number of amides is 2. The first-order valence-electron chi connectivity index (χ1n) is 8.21. The summed E-state index contributed by atoms with van der Waals surface area (Å²) < 4.78 is 5.74. The summed E-state index contributed by atoms with van der Waals surface area (Å²) in [5.41, 5.74) is 0.539. The molecule has 1 fully saturated rings. The van der Waals surface area contributed by atoms with Gasteiger partial charge in [-0.3, -0.25) is 9.59 Å². The second-order valence-electron chi connectivity index (χ2n) is 6.16. The highest BCUT2D eigenvalue weighted by molar-refractivity contribution is 6.39. The van der Waals surface area contributed by atoms with Crippen molar-refractivity contribution >= 4 is 17.5 Å². The molecule has 0 spiro atoms. The van der Waals surface area contributed by atoms with Gasteiger partial charge < -0.3 is 15.4 Å². The highest BCUT2D eigenvalue weighted by Crippen LogP contribution is 2.31. The first kappa shape index (κ1) is 15.6. The van der Waals surface area contributed by atoms with Gasteiger partial charge in [0.15, 0.2) is 0 Å². The molecule has 0 radical (unpaired) electrons. The van der Waals surface area contributed by atoms with Gasteiger partial charge in [0.2, 0.25) is 0 Å². The maximum Gasteiger partial charge on any atom is 0.313 e. The average Bonchev–Trinajstić information content (AvgIpc) is 3.39. The fraction of sp³-hybridized carbons (Fsp3) is 0.444. The minimum Gasteiger partial charge on any atom is -0.491 e. The molecule has 2 aliphatic rings. The number of benzene rings is 1. The summed E-state index contributed by atoms with van der Waals surface area (Å²) in [5, 5.41) is 5.43. The Labute approximate surface area is 136 Å². The quantitative estimate of drug-likeness (QED) is 0.648. The molecule has 0 heterocycles. The van der Waals surface area contributed by atoms with Crippen molar-refractivity contribution in [1.29, 1.82) is 0 Å². The van der Waals surface area contributed by atoms with E-state index in [1.54, 1.807) is 6.07 Å². The monoisotopic (exact) mass is 314 g/mol. The minimum atomic E-state index is -0.651. The number of ether oxygens (including phenoxy) is 1. The van der Waals surface area contributed by atoms with Crippen LogP contribution in [0, 0.1) is 5.92 Å². The molecule has 3 rings (SSSR count). The Morgan fingerprint density at radius 1 is 1.09 bits per heavy atom. The standard InChI is InChI=1S/C18H22N2O3/c21-17(19-14-6-2-1-3-7-14)18(22)20-15-8-4-5-9-16(15)23-12-13-10-11-13/h1-2,4-5,8-9,13-14H,3,6-7,10-12H2,(H,19,21)(H,20,22)/t14-/m0/s1. The van der Waals surface area contributed by atoms with Crippen LogP contribution in [-0.2, 0) is 9.59 Å². The van der Waals surface area contributed by atoms with Gasteiger partial charge in [-0.05, 0) is 50.2 Å². The van der Waals surface area contributed by atoms with Crippen LogP contribution < -0.4 is 15.4 Å². The van der Waals surface area contributed by atoms with Gasteiger partial charge in [0, 0.05) is 6.04 Å². The predicted octanol–water partition coefficient (Wildman–Crippen LogP) is 2.64. The third-order valence-corrected chi connectivity index (χ3v) is 4.12. The largest absolute Gasteiger partial charge is 0.491 e. The number of rotatable bonds is 5. The van der Waals surface area contributed by atoms with Crippen LogP contribution in [0.3, 0.4) is 0 Å². The van der Waals surface area contributed by atoms with Crippen molar-refractivity contribution in [3.8, 4) is 5.75 Å². The third kappa shape index (κ3) is 4.58. The smallest absolute Gasteiger partial charge is 0.313 e. The van der Waals surface area contributed by atoms with Gasteiger partial charge in [-0.15, -0.1) is 0 Å². The highest BCUT2D eigenvalue weighted by Gasteiger charge is 2.23. The Morgan fingerprint density at radius 3 is 2.65 bits per heavy atom. The number of carbonyl (C=O) groups is 2. The first-order valence-corrected chi connectivity index (χ1v) is 8.21. The second-order valence-corrected chi connectivity index (χ2v) is 6.16. The maximum absolute atomic E-state index is 12.1. The van der Waals surface area contributed by atoms with Gasteiger partial charge in [-0.2, -0.15) is 0 Å². The van der Waals surface area contributed by atoms with E-state index < -0.39 is 11.8 Å². The highest BCUT2D eigenvalue weighted by atomic mass is 16.5. The van der Waals surface area contributed by atoms with E-state index in [4.69, 9.17) is 4.74 Å². The van der Waals surface area contributed by atoms with Gasteiger partial charge in [0.1, 0.15) is 5.75 Å². The average molecular weight is 314 g/mol. The number of hydrogen-bond acceptors (Lipinski definition) is 3. The number of anilines is 1. The van der Waals surface area contributed by atoms with Crippen LogP contribution in [-0.4, -0.2) is 24.5 Å². The molecule has 0 saturated heterocycles. The lowest BCUT2D eigenvalue weighted by molar-refractivity contribution is -0.136. The summed E-state index contributed by atoms with van der Waals surface area (Å²) >= 11 is 0. The summed E-state index contributed by atoms with van der Waals surface area (Å²) in [7, 11) is 0. The summed E-state index contributed by atoms with van der Waals surface area (Å²) in [6, 6.07) is 7.26. The van der Waals surface area contributed by atoms with E-state index in [1.165, 1.54) is 12.8 Å².